The monoisotopic (exact) mass is 389 g/mol. The lowest BCUT2D eigenvalue weighted by atomic mass is 10.0. The summed E-state index contributed by atoms with van der Waals surface area (Å²) >= 11 is 8.72. The molecule has 0 saturated heterocycles. The SMILES string of the molecule is CNC(c1csc(Br)c1)c1ccc(OC)c(Br)c1. The third kappa shape index (κ3) is 2.96. The number of benzene rings is 1. The van der Waals surface area contributed by atoms with Crippen LogP contribution in [0.15, 0.2) is 37.9 Å². The average Bonchev–Trinajstić information content (AvgIpc) is 2.77. The standard InChI is InChI=1S/C13H13Br2NOS/c1-16-13(9-6-12(15)18-7-9)8-3-4-11(17-2)10(14)5-8/h3-7,13,16H,1-2H3. The summed E-state index contributed by atoms with van der Waals surface area (Å²) in [5.41, 5.74) is 2.46. The quantitative estimate of drug-likeness (QED) is 0.824. The molecular formula is C13H13Br2NOS. The van der Waals surface area contributed by atoms with Gasteiger partial charge < -0.3 is 10.1 Å². The van der Waals surface area contributed by atoms with E-state index in [1.807, 2.05) is 13.1 Å². The molecule has 1 aromatic carbocycles. The van der Waals surface area contributed by atoms with Crippen molar-refractivity contribution in [2.24, 2.45) is 0 Å². The highest BCUT2D eigenvalue weighted by atomic mass is 79.9. The molecule has 0 bridgehead atoms. The lowest BCUT2D eigenvalue weighted by Crippen LogP contribution is -2.16. The number of methoxy groups -OCH3 is 1. The molecule has 1 unspecified atom stereocenters. The van der Waals surface area contributed by atoms with E-state index >= 15 is 0 Å². The van der Waals surface area contributed by atoms with Gasteiger partial charge in [0, 0.05) is 0 Å². The Hall–Kier alpha value is -0.360. The zero-order valence-corrected chi connectivity index (χ0v) is 14.0. The fourth-order valence-corrected chi connectivity index (χ4v) is 3.62. The van der Waals surface area contributed by atoms with Gasteiger partial charge in [-0.2, -0.15) is 0 Å². The van der Waals surface area contributed by atoms with Crippen LogP contribution in [-0.4, -0.2) is 14.2 Å². The molecule has 0 aliphatic carbocycles. The number of rotatable bonds is 4. The normalized spacial score (nSPS) is 12.4. The predicted octanol–water partition coefficient (Wildman–Crippen LogP) is 4.59. The van der Waals surface area contributed by atoms with E-state index in [4.69, 9.17) is 4.74 Å². The molecule has 1 N–H and O–H groups in total. The van der Waals surface area contributed by atoms with Gasteiger partial charge in [0.05, 0.1) is 21.4 Å². The highest BCUT2D eigenvalue weighted by Crippen LogP contribution is 2.33. The number of hydrogen-bond donors (Lipinski definition) is 1. The Kier molecular flexibility index (Phi) is 4.84. The van der Waals surface area contributed by atoms with E-state index in [9.17, 15) is 0 Å². The minimum Gasteiger partial charge on any atom is -0.496 e. The molecule has 18 heavy (non-hydrogen) atoms. The summed E-state index contributed by atoms with van der Waals surface area (Å²) in [7, 11) is 3.64. The summed E-state index contributed by atoms with van der Waals surface area (Å²) in [6.07, 6.45) is 0. The molecule has 0 radical (unpaired) electrons. The predicted molar refractivity (Wildman–Crippen MR) is 83.6 cm³/mol. The number of nitrogens with one attached hydrogen (secondary N) is 1. The third-order valence-electron chi connectivity index (χ3n) is 2.72. The maximum atomic E-state index is 5.25. The van der Waals surface area contributed by atoms with Crippen LogP contribution in [0.1, 0.15) is 17.2 Å². The minimum absolute atomic E-state index is 0.190. The molecule has 2 aromatic rings. The zero-order valence-electron chi connectivity index (χ0n) is 10.0. The van der Waals surface area contributed by atoms with Gasteiger partial charge in [0.15, 0.2) is 0 Å². The number of halogens is 2. The van der Waals surface area contributed by atoms with E-state index in [2.05, 4.69) is 60.8 Å². The maximum absolute atomic E-state index is 5.25. The average molecular weight is 391 g/mol. The fraction of sp³-hybridized carbons (Fsp3) is 0.231. The molecule has 0 spiro atoms. The van der Waals surface area contributed by atoms with Crippen LogP contribution in [0.4, 0.5) is 0 Å². The van der Waals surface area contributed by atoms with Crippen LogP contribution in [0.5, 0.6) is 5.75 Å². The van der Waals surface area contributed by atoms with Gasteiger partial charge in [0.1, 0.15) is 5.75 Å². The van der Waals surface area contributed by atoms with E-state index in [-0.39, 0.29) is 6.04 Å². The molecule has 96 valence electrons. The Morgan fingerprint density at radius 3 is 2.50 bits per heavy atom. The minimum atomic E-state index is 0.190. The van der Waals surface area contributed by atoms with Gasteiger partial charge >= 0.3 is 0 Å². The highest BCUT2D eigenvalue weighted by Gasteiger charge is 2.14. The van der Waals surface area contributed by atoms with Crippen molar-refractivity contribution in [2.75, 3.05) is 14.2 Å². The second kappa shape index (κ2) is 6.19. The van der Waals surface area contributed by atoms with Crippen LogP contribution in [0.25, 0.3) is 0 Å². The van der Waals surface area contributed by atoms with E-state index in [1.54, 1.807) is 18.4 Å². The van der Waals surface area contributed by atoms with Crippen molar-refractivity contribution in [3.63, 3.8) is 0 Å². The number of ether oxygens (including phenoxy) is 1. The third-order valence-corrected chi connectivity index (χ3v) is 4.86. The maximum Gasteiger partial charge on any atom is 0.133 e. The molecule has 1 aromatic heterocycles. The Bertz CT molecular complexity index is 542. The molecule has 5 heteroatoms. The largest absolute Gasteiger partial charge is 0.496 e. The zero-order chi connectivity index (χ0) is 13.1. The lowest BCUT2D eigenvalue weighted by molar-refractivity contribution is 0.412. The number of hydrogen-bond acceptors (Lipinski definition) is 3. The highest BCUT2D eigenvalue weighted by molar-refractivity contribution is 9.11. The van der Waals surface area contributed by atoms with Crippen molar-refractivity contribution < 1.29 is 4.74 Å². The van der Waals surface area contributed by atoms with E-state index in [0.717, 1.165) is 14.0 Å². The first-order valence-corrected chi connectivity index (χ1v) is 7.87. The summed E-state index contributed by atoms with van der Waals surface area (Å²) in [5, 5.41) is 5.49. The molecule has 0 aliphatic rings. The fourth-order valence-electron chi connectivity index (χ4n) is 1.86. The summed E-state index contributed by atoms with van der Waals surface area (Å²) in [4.78, 5) is 0. The smallest absolute Gasteiger partial charge is 0.133 e. The van der Waals surface area contributed by atoms with Crippen molar-refractivity contribution in [1.82, 2.24) is 5.32 Å². The Morgan fingerprint density at radius 1 is 1.22 bits per heavy atom. The van der Waals surface area contributed by atoms with Gasteiger partial charge in [-0.1, -0.05) is 6.07 Å². The number of thiophene rings is 1. The van der Waals surface area contributed by atoms with Gasteiger partial charge in [0.2, 0.25) is 0 Å². The second-order valence-electron chi connectivity index (χ2n) is 3.80. The van der Waals surface area contributed by atoms with Crippen LogP contribution >= 0.6 is 43.2 Å². The summed E-state index contributed by atoms with van der Waals surface area (Å²) < 4.78 is 7.36. The Balaban J connectivity index is 2.36. The van der Waals surface area contributed by atoms with Gasteiger partial charge in [-0.3, -0.25) is 0 Å². The van der Waals surface area contributed by atoms with Crippen molar-refractivity contribution >= 4 is 43.2 Å². The van der Waals surface area contributed by atoms with Crippen LogP contribution in [0.2, 0.25) is 0 Å². The van der Waals surface area contributed by atoms with Crippen LogP contribution in [-0.2, 0) is 0 Å². The molecule has 0 saturated carbocycles. The molecule has 1 atom stereocenters. The first kappa shape index (κ1) is 14.1. The molecule has 0 amide bonds. The first-order valence-electron chi connectivity index (χ1n) is 5.40. The molecular weight excluding hydrogens is 378 g/mol. The summed E-state index contributed by atoms with van der Waals surface area (Å²) in [6, 6.07) is 8.48. The Labute approximate surface area is 128 Å². The van der Waals surface area contributed by atoms with Gasteiger partial charge in [-0.15, -0.1) is 11.3 Å². The lowest BCUT2D eigenvalue weighted by Gasteiger charge is -2.16. The van der Waals surface area contributed by atoms with Gasteiger partial charge in [-0.25, -0.2) is 0 Å². The van der Waals surface area contributed by atoms with E-state index in [0.29, 0.717) is 0 Å². The molecule has 2 rings (SSSR count). The van der Waals surface area contributed by atoms with Crippen LogP contribution in [0, 0.1) is 0 Å². The topological polar surface area (TPSA) is 21.3 Å². The Morgan fingerprint density at radius 2 is 2.00 bits per heavy atom. The second-order valence-corrected chi connectivity index (χ2v) is 6.94. The van der Waals surface area contributed by atoms with Crippen LogP contribution in [0.3, 0.4) is 0 Å². The molecule has 1 heterocycles. The summed E-state index contributed by atoms with van der Waals surface area (Å²) in [6.45, 7) is 0. The van der Waals surface area contributed by atoms with Crippen molar-refractivity contribution in [3.8, 4) is 5.75 Å². The first-order chi connectivity index (χ1) is 8.65. The van der Waals surface area contributed by atoms with Gasteiger partial charge in [0.25, 0.3) is 0 Å². The van der Waals surface area contributed by atoms with E-state index < -0.39 is 0 Å². The van der Waals surface area contributed by atoms with Crippen LogP contribution < -0.4 is 10.1 Å². The van der Waals surface area contributed by atoms with Crippen molar-refractivity contribution in [3.05, 3.63) is 49.0 Å². The van der Waals surface area contributed by atoms with Crippen molar-refractivity contribution in [2.45, 2.75) is 6.04 Å². The van der Waals surface area contributed by atoms with Gasteiger partial charge in [-0.05, 0) is 73.6 Å². The summed E-state index contributed by atoms with van der Waals surface area (Å²) in [5.74, 6) is 0.847. The van der Waals surface area contributed by atoms with Crippen molar-refractivity contribution in [1.29, 1.82) is 0 Å². The van der Waals surface area contributed by atoms with E-state index in [1.165, 1.54) is 11.1 Å². The molecule has 0 fully saturated rings. The molecule has 2 nitrogen and oxygen atoms in total. The molecule has 0 aliphatic heterocycles.